The zero-order chi connectivity index (χ0) is 26.0. The molecule has 1 atom stereocenters. The lowest BCUT2D eigenvalue weighted by Crippen LogP contribution is -2.48. The largest absolute Gasteiger partial charge is 0.497 e. The summed E-state index contributed by atoms with van der Waals surface area (Å²) in [7, 11) is -0.397. The normalized spacial score (nSPS) is 12.0. The fraction of sp³-hybridized carbons (Fsp3) is 0.462. The van der Waals surface area contributed by atoms with E-state index in [0.717, 1.165) is 23.8 Å². The van der Waals surface area contributed by atoms with Crippen LogP contribution in [0.25, 0.3) is 0 Å². The second-order valence-electron chi connectivity index (χ2n) is 8.37. The topological polar surface area (TPSA) is 96.0 Å². The minimum Gasteiger partial charge on any atom is -0.497 e. The molecule has 0 aliphatic carbocycles. The van der Waals surface area contributed by atoms with Crippen molar-refractivity contribution in [2.24, 2.45) is 0 Å². The highest BCUT2D eigenvalue weighted by Gasteiger charge is 2.28. The second kappa shape index (κ2) is 13.1. The molecule has 2 amide bonds. The summed E-state index contributed by atoms with van der Waals surface area (Å²) in [5.41, 5.74) is 2.53. The van der Waals surface area contributed by atoms with Crippen LogP contribution in [0.15, 0.2) is 48.5 Å². The first-order valence-electron chi connectivity index (χ1n) is 11.8. The number of hydrogen-bond donors (Lipinski definition) is 1. The standard InChI is InChI=1S/C26H37N3O5S/c1-6-20-13-15-22(16-14-20)29(35(5,32)33)17-9-12-25(30)28(24(7-2)26(31)27-3)19-21-10-8-11-23(18-21)34-4/h8,10-11,13-16,18,24H,6-7,9,12,17,19H2,1-5H3,(H,27,31). The molecule has 1 unspecified atom stereocenters. The number of carbonyl (C=O) groups excluding carboxylic acids is 2. The highest BCUT2D eigenvalue weighted by atomic mass is 32.2. The molecule has 9 heteroatoms. The van der Waals surface area contributed by atoms with E-state index in [1.165, 1.54) is 4.31 Å². The molecular formula is C26H37N3O5S. The van der Waals surface area contributed by atoms with E-state index in [1.54, 1.807) is 31.2 Å². The Morgan fingerprint density at radius 1 is 1.06 bits per heavy atom. The van der Waals surface area contributed by atoms with Crippen LogP contribution < -0.4 is 14.4 Å². The second-order valence-corrected chi connectivity index (χ2v) is 10.3. The average molecular weight is 504 g/mol. The van der Waals surface area contributed by atoms with Gasteiger partial charge in [0.25, 0.3) is 0 Å². The van der Waals surface area contributed by atoms with Crippen molar-refractivity contribution < 1.29 is 22.7 Å². The molecule has 1 N–H and O–H groups in total. The monoisotopic (exact) mass is 503 g/mol. The van der Waals surface area contributed by atoms with Gasteiger partial charge in [0.2, 0.25) is 21.8 Å². The fourth-order valence-corrected chi connectivity index (χ4v) is 4.92. The lowest BCUT2D eigenvalue weighted by Gasteiger charge is -2.31. The summed E-state index contributed by atoms with van der Waals surface area (Å²) >= 11 is 0. The molecule has 0 aromatic heterocycles. The van der Waals surface area contributed by atoms with E-state index in [0.29, 0.717) is 24.3 Å². The van der Waals surface area contributed by atoms with Crippen LogP contribution in [0.2, 0.25) is 0 Å². The van der Waals surface area contributed by atoms with Gasteiger partial charge in [-0.1, -0.05) is 38.1 Å². The Morgan fingerprint density at radius 3 is 2.29 bits per heavy atom. The van der Waals surface area contributed by atoms with E-state index in [-0.39, 0.29) is 31.3 Å². The Balaban J connectivity index is 2.19. The number of likely N-dealkylation sites (N-methyl/N-ethyl adjacent to an activating group) is 1. The van der Waals surface area contributed by atoms with Gasteiger partial charge in [-0.05, 0) is 54.7 Å². The average Bonchev–Trinajstić information content (AvgIpc) is 2.85. The van der Waals surface area contributed by atoms with Crippen LogP contribution in [0.4, 0.5) is 5.69 Å². The number of rotatable bonds is 13. The van der Waals surface area contributed by atoms with Gasteiger partial charge in [-0.2, -0.15) is 0 Å². The number of methoxy groups -OCH3 is 1. The SMILES string of the molecule is CCc1ccc(N(CCCC(=O)N(Cc2cccc(OC)c2)C(CC)C(=O)NC)S(C)(=O)=O)cc1. The van der Waals surface area contributed by atoms with Gasteiger partial charge in [0.05, 0.1) is 19.1 Å². The Bertz CT molecular complexity index is 1090. The van der Waals surface area contributed by atoms with E-state index < -0.39 is 16.1 Å². The molecule has 2 aromatic carbocycles. The number of carbonyl (C=O) groups is 2. The van der Waals surface area contributed by atoms with E-state index >= 15 is 0 Å². The number of hydrogen-bond acceptors (Lipinski definition) is 5. The van der Waals surface area contributed by atoms with Crippen LogP contribution in [0, 0.1) is 0 Å². The first-order valence-corrected chi connectivity index (χ1v) is 13.7. The number of nitrogens with one attached hydrogen (secondary N) is 1. The van der Waals surface area contributed by atoms with E-state index in [1.807, 2.05) is 50.2 Å². The van der Waals surface area contributed by atoms with Crippen molar-refractivity contribution in [3.8, 4) is 5.75 Å². The van der Waals surface area contributed by atoms with Crippen LogP contribution in [0.5, 0.6) is 5.75 Å². The minimum atomic E-state index is -3.52. The summed E-state index contributed by atoms with van der Waals surface area (Å²) in [4.78, 5) is 27.4. The third-order valence-corrected chi connectivity index (χ3v) is 7.10. The predicted octanol–water partition coefficient (Wildman–Crippen LogP) is 3.36. The lowest BCUT2D eigenvalue weighted by molar-refractivity contribution is -0.141. The highest BCUT2D eigenvalue weighted by molar-refractivity contribution is 7.92. The maximum absolute atomic E-state index is 13.3. The van der Waals surface area contributed by atoms with Gasteiger partial charge in [-0.3, -0.25) is 13.9 Å². The maximum atomic E-state index is 13.3. The number of amides is 2. The first-order chi connectivity index (χ1) is 16.6. The smallest absolute Gasteiger partial charge is 0.242 e. The van der Waals surface area contributed by atoms with Gasteiger partial charge >= 0.3 is 0 Å². The molecule has 0 bridgehead atoms. The Hall–Kier alpha value is -3.07. The molecule has 0 saturated carbocycles. The molecule has 0 saturated heterocycles. The van der Waals surface area contributed by atoms with Gasteiger partial charge in [-0.15, -0.1) is 0 Å². The third kappa shape index (κ3) is 7.99. The van der Waals surface area contributed by atoms with Crippen molar-refractivity contribution in [2.45, 2.75) is 52.1 Å². The lowest BCUT2D eigenvalue weighted by atomic mass is 10.1. The third-order valence-electron chi connectivity index (χ3n) is 5.90. The van der Waals surface area contributed by atoms with Crippen LogP contribution in [-0.2, 0) is 32.6 Å². The minimum absolute atomic E-state index is 0.108. The Morgan fingerprint density at radius 2 is 1.74 bits per heavy atom. The maximum Gasteiger partial charge on any atom is 0.242 e. The van der Waals surface area contributed by atoms with Crippen molar-refractivity contribution in [2.75, 3.05) is 31.3 Å². The number of anilines is 1. The summed E-state index contributed by atoms with van der Waals surface area (Å²) in [6.45, 7) is 4.31. The molecule has 0 aliphatic rings. The summed E-state index contributed by atoms with van der Waals surface area (Å²) in [5.74, 6) is 0.219. The molecular weight excluding hydrogens is 466 g/mol. The van der Waals surface area contributed by atoms with Crippen LogP contribution >= 0.6 is 0 Å². The van der Waals surface area contributed by atoms with Crippen LogP contribution in [0.1, 0.15) is 44.2 Å². The first kappa shape index (κ1) is 28.2. The summed E-state index contributed by atoms with van der Waals surface area (Å²) in [5, 5.41) is 2.64. The molecule has 0 heterocycles. The van der Waals surface area contributed by atoms with Gasteiger partial charge in [0, 0.05) is 26.6 Å². The van der Waals surface area contributed by atoms with Gasteiger partial charge < -0.3 is 15.0 Å². The van der Waals surface area contributed by atoms with Gasteiger partial charge in [-0.25, -0.2) is 8.42 Å². The summed E-state index contributed by atoms with van der Waals surface area (Å²) in [6.07, 6.45) is 2.91. The quantitative estimate of drug-likeness (QED) is 0.452. The molecule has 0 fully saturated rings. The summed E-state index contributed by atoms with van der Waals surface area (Å²) < 4.78 is 31.5. The molecule has 192 valence electrons. The number of sulfonamides is 1. The van der Waals surface area contributed by atoms with Crippen LogP contribution in [0.3, 0.4) is 0 Å². The van der Waals surface area contributed by atoms with Crippen LogP contribution in [-0.4, -0.2) is 58.1 Å². The van der Waals surface area contributed by atoms with Gasteiger partial charge in [0.15, 0.2) is 0 Å². The molecule has 0 spiro atoms. The zero-order valence-electron chi connectivity index (χ0n) is 21.3. The number of nitrogens with zero attached hydrogens (tertiary/aromatic N) is 2. The zero-order valence-corrected chi connectivity index (χ0v) is 22.1. The molecule has 0 aliphatic heterocycles. The molecule has 8 nitrogen and oxygen atoms in total. The van der Waals surface area contributed by atoms with Crippen molar-refractivity contribution >= 4 is 27.5 Å². The fourth-order valence-electron chi connectivity index (χ4n) is 3.96. The molecule has 2 aromatic rings. The van der Waals surface area contributed by atoms with E-state index in [4.69, 9.17) is 4.74 Å². The predicted molar refractivity (Wildman–Crippen MR) is 139 cm³/mol. The molecule has 2 rings (SSSR count). The molecule has 0 radical (unpaired) electrons. The van der Waals surface area contributed by atoms with Crippen molar-refractivity contribution in [1.82, 2.24) is 10.2 Å². The van der Waals surface area contributed by atoms with E-state index in [9.17, 15) is 18.0 Å². The van der Waals surface area contributed by atoms with Crippen molar-refractivity contribution in [1.29, 1.82) is 0 Å². The number of benzene rings is 2. The highest BCUT2D eigenvalue weighted by Crippen LogP contribution is 2.21. The Kier molecular flexibility index (Phi) is 10.6. The van der Waals surface area contributed by atoms with E-state index in [2.05, 4.69) is 5.32 Å². The van der Waals surface area contributed by atoms with Crippen molar-refractivity contribution in [3.05, 3.63) is 59.7 Å². The van der Waals surface area contributed by atoms with Gasteiger partial charge in [0.1, 0.15) is 11.8 Å². The Labute approximate surface area is 209 Å². The summed E-state index contributed by atoms with van der Waals surface area (Å²) in [6, 6.07) is 14.1. The number of aryl methyl sites for hydroxylation is 1. The number of ether oxygens (including phenoxy) is 1. The molecule has 35 heavy (non-hydrogen) atoms. The van der Waals surface area contributed by atoms with Crippen molar-refractivity contribution in [3.63, 3.8) is 0 Å².